The predicted octanol–water partition coefficient (Wildman–Crippen LogP) is 2.96. The van der Waals surface area contributed by atoms with Gasteiger partial charge in [0, 0.05) is 5.56 Å². The van der Waals surface area contributed by atoms with Crippen molar-refractivity contribution in [3.63, 3.8) is 0 Å². The number of aromatic hydroxyl groups is 1. The molecule has 1 rings (SSSR count). The van der Waals surface area contributed by atoms with Gasteiger partial charge in [-0.05, 0) is 6.07 Å². The molecule has 0 radical (unpaired) electrons. The van der Waals surface area contributed by atoms with Crippen molar-refractivity contribution >= 4 is 23.2 Å². The molecule has 0 aromatic heterocycles. The highest BCUT2D eigenvalue weighted by Gasteiger charge is 2.22. The molecule has 0 aliphatic heterocycles. The van der Waals surface area contributed by atoms with Crippen molar-refractivity contribution in [3.8, 4) is 5.75 Å². The van der Waals surface area contributed by atoms with E-state index in [4.69, 9.17) is 28.9 Å². The van der Waals surface area contributed by atoms with Gasteiger partial charge in [0.25, 0.3) is 6.43 Å². The average molecular weight is 242 g/mol. The van der Waals surface area contributed by atoms with Crippen LogP contribution in [0.2, 0.25) is 10.0 Å². The minimum atomic E-state index is -2.77. The quantitative estimate of drug-likeness (QED) is 0.837. The molecule has 3 N–H and O–H groups in total. The van der Waals surface area contributed by atoms with Gasteiger partial charge in [0.05, 0.1) is 11.1 Å². The van der Waals surface area contributed by atoms with E-state index in [1.54, 1.807) is 0 Å². The topological polar surface area (TPSA) is 46.2 Å². The lowest BCUT2D eigenvalue weighted by Gasteiger charge is -2.13. The Morgan fingerprint density at radius 2 is 1.86 bits per heavy atom. The summed E-state index contributed by atoms with van der Waals surface area (Å²) in [4.78, 5) is 0. The van der Waals surface area contributed by atoms with Gasteiger partial charge in [-0.1, -0.05) is 29.3 Å². The van der Waals surface area contributed by atoms with Gasteiger partial charge >= 0.3 is 0 Å². The monoisotopic (exact) mass is 241 g/mol. The van der Waals surface area contributed by atoms with Gasteiger partial charge in [-0.2, -0.15) is 0 Å². The molecule has 1 aromatic rings. The van der Waals surface area contributed by atoms with Crippen LogP contribution in [-0.2, 0) is 0 Å². The fourth-order valence-corrected chi connectivity index (χ4v) is 1.28. The van der Waals surface area contributed by atoms with Gasteiger partial charge < -0.3 is 10.8 Å². The first-order valence-corrected chi connectivity index (χ1v) is 4.41. The van der Waals surface area contributed by atoms with Gasteiger partial charge in [-0.3, -0.25) is 0 Å². The predicted molar refractivity (Wildman–Crippen MR) is 51.1 cm³/mol. The molecule has 0 saturated carbocycles. The third kappa shape index (κ3) is 2.08. The molecule has 0 heterocycles. The molecule has 78 valence electrons. The summed E-state index contributed by atoms with van der Waals surface area (Å²) >= 11 is 11.1. The highest BCUT2D eigenvalue weighted by molar-refractivity contribution is 6.43. The van der Waals surface area contributed by atoms with Crippen LogP contribution < -0.4 is 5.73 Å². The van der Waals surface area contributed by atoms with E-state index in [9.17, 15) is 13.9 Å². The first-order chi connectivity index (χ1) is 6.45. The lowest BCUT2D eigenvalue weighted by Crippen LogP contribution is -2.19. The molecule has 0 bridgehead atoms. The summed E-state index contributed by atoms with van der Waals surface area (Å²) < 4.78 is 24.4. The summed E-state index contributed by atoms with van der Waals surface area (Å²) in [7, 11) is 0. The van der Waals surface area contributed by atoms with Crippen molar-refractivity contribution in [1.82, 2.24) is 0 Å². The number of halogens is 4. The van der Waals surface area contributed by atoms with Gasteiger partial charge in [0.15, 0.2) is 0 Å². The second-order valence-corrected chi connectivity index (χ2v) is 3.44. The van der Waals surface area contributed by atoms with E-state index >= 15 is 0 Å². The second kappa shape index (κ2) is 4.29. The Bertz CT molecular complexity index is 346. The van der Waals surface area contributed by atoms with E-state index in [2.05, 4.69) is 0 Å². The number of rotatable bonds is 2. The number of nitrogens with two attached hydrogens (primary N) is 1. The Labute approximate surface area is 89.2 Å². The molecule has 2 nitrogen and oxygen atoms in total. The summed E-state index contributed by atoms with van der Waals surface area (Å²) in [5.41, 5.74) is 5.03. The second-order valence-electron chi connectivity index (χ2n) is 2.66. The molecular weight excluding hydrogens is 235 g/mol. The zero-order valence-electron chi connectivity index (χ0n) is 6.85. The summed E-state index contributed by atoms with van der Waals surface area (Å²) in [5.74, 6) is -0.494. The maximum Gasteiger partial charge on any atom is 0.257 e. The first kappa shape index (κ1) is 11.5. The van der Waals surface area contributed by atoms with Crippen LogP contribution in [0.25, 0.3) is 0 Å². The molecule has 0 saturated heterocycles. The summed E-state index contributed by atoms with van der Waals surface area (Å²) in [6.45, 7) is 0. The van der Waals surface area contributed by atoms with E-state index < -0.39 is 18.2 Å². The van der Waals surface area contributed by atoms with Crippen molar-refractivity contribution in [2.45, 2.75) is 12.5 Å². The summed E-state index contributed by atoms with van der Waals surface area (Å²) in [6, 6.07) is 0.964. The maximum absolute atomic E-state index is 12.2. The Hall–Kier alpha value is -0.580. The minimum Gasteiger partial charge on any atom is -0.506 e. The number of hydrogen-bond donors (Lipinski definition) is 2. The summed E-state index contributed by atoms with van der Waals surface area (Å²) in [5, 5.41) is 9.29. The van der Waals surface area contributed by atoms with Crippen LogP contribution in [0.5, 0.6) is 5.75 Å². The van der Waals surface area contributed by atoms with Crippen LogP contribution in [0.15, 0.2) is 12.1 Å². The van der Waals surface area contributed by atoms with Crippen molar-refractivity contribution in [2.24, 2.45) is 5.73 Å². The van der Waals surface area contributed by atoms with Crippen LogP contribution in [0, 0.1) is 0 Å². The molecule has 1 atom stereocenters. The largest absolute Gasteiger partial charge is 0.506 e. The van der Waals surface area contributed by atoms with Gasteiger partial charge in [-0.25, -0.2) is 8.78 Å². The van der Waals surface area contributed by atoms with E-state index in [1.807, 2.05) is 0 Å². The Balaban J connectivity index is 3.17. The number of alkyl halides is 2. The molecule has 0 aliphatic rings. The van der Waals surface area contributed by atoms with Crippen LogP contribution in [0.3, 0.4) is 0 Å². The Morgan fingerprint density at radius 3 is 2.36 bits per heavy atom. The minimum absolute atomic E-state index is 0.0920. The van der Waals surface area contributed by atoms with Crippen LogP contribution in [-0.4, -0.2) is 11.5 Å². The van der Waals surface area contributed by atoms with Crippen LogP contribution in [0.4, 0.5) is 8.78 Å². The maximum atomic E-state index is 12.2. The molecular formula is C8H7Cl2F2NO. The summed E-state index contributed by atoms with van der Waals surface area (Å²) in [6.07, 6.45) is -2.77. The zero-order valence-corrected chi connectivity index (χ0v) is 8.36. The number of hydrogen-bond acceptors (Lipinski definition) is 2. The zero-order chi connectivity index (χ0) is 10.9. The Morgan fingerprint density at radius 1 is 1.29 bits per heavy atom. The number of phenols is 1. The van der Waals surface area contributed by atoms with E-state index in [0.29, 0.717) is 0 Å². The van der Waals surface area contributed by atoms with Gasteiger partial charge in [0.1, 0.15) is 10.8 Å². The SMILES string of the molecule is N[C@@H](c1ccc(Cl)c(Cl)c1O)C(F)F. The number of phenolic OH excluding ortho intramolecular Hbond substituents is 1. The highest BCUT2D eigenvalue weighted by atomic mass is 35.5. The van der Waals surface area contributed by atoms with Gasteiger partial charge in [0.2, 0.25) is 0 Å². The third-order valence-electron chi connectivity index (χ3n) is 1.73. The number of benzene rings is 1. The van der Waals surface area contributed by atoms with E-state index in [-0.39, 0.29) is 15.6 Å². The Kier molecular flexibility index (Phi) is 3.53. The lowest BCUT2D eigenvalue weighted by molar-refractivity contribution is 0.115. The molecule has 14 heavy (non-hydrogen) atoms. The van der Waals surface area contributed by atoms with E-state index in [1.165, 1.54) is 12.1 Å². The molecule has 0 unspecified atom stereocenters. The van der Waals surface area contributed by atoms with Crippen molar-refractivity contribution < 1.29 is 13.9 Å². The van der Waals surface area contributed by atoms with Crippen molar-refractivity contribution in [3.05, 3.63) is 27.7 Å². The third-order valence-corrected chi connectivity index (χ3v) is 2.53. The molecule has 6 heteroatoms. The van der Waals surface area contributed by atoms with Crippen molar-refractivity contribution in [1.29, 1.82) is 0 Å². The normalized spacial score (nSPS) is 13.3. The average Bonchev–Trinajstić information content (AvgIpc) is 2.13. The molecule has 1 aromatic carbocycles. The van der Waals surface area contributed by atoms with E-state index in [0.717, 1.165) is 0 Å². The van der Waals surface area contributed by atoms with Crippen LogP contribution >= 0.6 is 23.2 Å². The highest BCUT2D eigenvalue weighted by Crippen LogP contribution is 2.37. The van der Waals surface area contributed by atoms with Crippen molar-refractivity contribution in [2.75, 3.05) is 0 Å². The molecule has 0 spiro atoms. The molecule has 0 fully saturated rings. The van der Waals surface area contributed by atoms with Crippen LogP contribution in [0.1, 0.15) is 11.6 Å². The molecule has 0 aliphatic carbocycles. The fourth-order valence-electron chi connectivity index (χ4n) is 0.960. The smallest absolute Gasteiger partial charge is 0.257 e. The standard InChI is InChI=1S/C8H7Cl2F2NO/c9-4-2-1-3(6(13)8(11)12)7(14)5(4)10/h1-2,6,8,14H,13H2/t6-/m0/s1. The van der Waals surface area contributed by atoms with Gasteiger partial charge in [-0.15, -0.1) is 0 Å². The first-order valence-electron chi connectivity index (χ1n) is 3.65. The fraction of sp³-hybridized carbons (Fsp3) is 0.250. The molecule has 0 amide bonds. The lowest BCUT2D eigenvalue weighted by atomic mass is 10.1.